The Bertz CT molecular complexity index is 646. The molecule has 1 aliphatic rings. The number of piperidine rings is 1. The molecule has 0 N–H and O–H groups in total. The van der Waals surface area contributed by atoms with Crippen molar-refractivity contribution in [1.82, 2.24) is 15.0 Å². The smallest absolute Gasteiger partial charge is 0.240 e. The van der Waals surface area contributed by atoms with Gasteiger partial charge in [0.25, 0.3) is 0 Å². The maximum absolute atomic E-state index is 12.5. The van der Waals surface area contributed by atoms with Gasteiger partial charge in [-0.05, 0) is 32.4 Å². The number of aryl methyl sites for hydroxylation is 1. The standard InChI is InChI=1S/C19H25N3O2/c1-2-3-9-17-20-18(24-21-17)14-22-12-10-16(11-13-22)19(23)15-7-5-4-6-8-15/h4-8,16H,2-3,9-14H2,1H3. The Hall–Kier alpha value is -2.01. The highest BCUT2D eigenvalue weighted by molar-refractivity contribution is 5.97. The summed E-state index contributed by atoms with van der Waals surface area (Å²) in [5.74, 6) is 1.90. The monoisotopic (exact) mass is 327 g/mol. The first kappa shape index (κ1) is 16.8. The molecule has 0 amide bonds. The molecule has 1 fully saturated rings. The van der Waals surface area contributed by atoms with E-state index in [1.807, 2.05) is 30.3 Å². The summed E-state index contributed by atoms with van der Waals surface area (Å²) in [5.41, 5.74) is 0.827. The van der Waals surface area contributed by atoms with E-state index in [-0.39, 0.29) is 11.7 Å². The molecule has 5 nitrogen and oxygen atoms in total. The second kappa shape index (κ2) is 8.20. The summed E-state index contributed by atoms with van der Waals surface area (Å²) < 4.78 is 5.34. The van der Waals surface area contributed by atoms with Gasteiger partial charge in [-0.25, -0.2) is 0 Å². The number of Topliss-reactive ketones (excluding diaryl/α,β-unsaturated/α-hetero) is 1. The van der Waals surface area contributed by atoms with Crippen LogP contribution in [0.5, 0.6) is 0 Å². The van der Waals surface area contributed by atoms with Crippen molar-refractivity contribution in [1.29, 1.82) is 0 Å². The fourth-order valence-corrected chi connectivity index (χ4v) is 3.17. The predicted molar refractivity (Wildman–Crippen MR) is 91.7 cm³/mol. The van der Waals surface area contributed by atoms with Crippen LogP contribution in [-0.4, -0.2) is 33.9 Å². The van der Waals surface area contributed by atoms with Gasteiger partial charge in [-0.15, -0.1) is 0 Å². The molecule has 0 bridgehead atoms. The van der Waals surface area contributed by atoms with E-state index in [0.29, 0.717) is 12.4 Å². The summed E-state index contributed by atoms with van der Waals surface area (Å²) in [5, 5.41) is 4.04. The topological polar surface area (TPSA) is 59.2 Å². The normalized spacial score (nSPS) is 16.4. The quantitative estimate of drug-likeness (QED) is 0.728. The zero-order valence-corrected chi connectivity index (χ0v) is 14.3. The average molecular weight is 327 g/mol. The Labute approximate surface area is 143 Å². The van der Waals surface area contributed by atoms with Crippen LogP contribution < -0.4 is 0 Å². The first-order valence-electron chi connectivity index (χ1n) is 8.89. The number of nitrogens with zero attached hydrogens (tertiary/aromatic N) is 3. The van der Waals surface area contributed by atoms with Crippen LogP contribution in [-0.2, 0) is 13.0 Å². The van der Waals surface area contributed by atoms with Gasteiger partial charge in [0, 0.05) is 17.9 Å². The lowest BCUT2D eigenvalue weighted by Gasteiger charge is -2.30. The van der Waals surface area contributed by atoms with Crippen molar-refractivity contribution in [3.8, 4) is 0 Å². The van der Waals surface area contributed by atoms with Gasteiger partial charge in [0.1, 0.15) is 0 Å². The van der Waals surface area contributed by atoms with Crippen LogP contribution in [0.4, 0.5) is 0 Å². The molecule has 5 heteroatoms. The maximum Gasteiger partial charge on any atom is 0.240 e. The zero-order valence-electron chi connectivity index (χ0n) is 14.3. The van der Waals surface area contributed by atoms with Gasteiger partial charge in [0.15, 0.2) is 11.6 Å². The van der Waals surface area contributed by atoms with E-state index in [4.69, 9.17) is 4.52 Å². The number of aromatic nitrogens is 2. The minimum atomic E-state index is 0.131. The summed E-state index contributed by atoms with van der Waals surface area (Å²) in [6.45, 7) is 4.64. The molecule has 1 aromatic heterocycles. The molecule has 0 aliphatic carbocycles. The fourth-order valence-electron chi connectivity index (χ4n) is 3.17. The van der Waals surface area contributed by atoms with E-state index in [1.165, 1.54) is 0 Å². The van der Waals surface area contributed by atoms with Crippen LogP contribution in [0.1, 0.15) is 54.7 Å². The second-order valence-corrected chi connectivity index (χ2v) is 6.49. The van der Waals surface area contributed by atoms with Crippen LogP contribution in [0.15, 0.2) is 34.9 Å². The molecule has 1 aliphatic heterocycles. The summed E-state index contributed by atoms with van der Waals surface area (Å²) >= 11 is 0. The van der Waals surface area contributed by atoms with Gasteiger partial charge in [-0.2, -0.15) is 4.98 Å². The third-order valence-corrected chi connectivity index (χ3v) is 4.64. The van der Waals surface area contributed by atoms with Crippen molar-refractivity contribution >= 4 is 5.78 Å². The maximum atomic E-state index is 12.5. The molecular formula is C19H25N3O2. The highest BCUT2D eigenvalue weighted by Gasteiger charge is 2.26. The van der Waals surface area contributed by atoms with Crippen molar-refractivity contribution in [2.45, 2.75) is 45.6 Å². The van der Waals surface area contributed by atoms with Gasteiger partial charge in [0.05, 0.1) is 6.54 Å². The molecule has 3 rings (SSSR count). The molecule has 0 atom stereocenters. The number of hydrogen-bond acceptors (Lipinski definition) is 5. The van der Waals surface area contributed by atoms with E-state index in [0.717, 1.165) is 56.6 Å². The van der Waals surface area contributed by atoms with Crippen molar-refractivity contribution in [3.05, 3.63) is 47.6 Å². The van der Waals surface area contributed by atoms with Gasteiger partial charge >= 0.3 is 0 Å². The minimum absolute atomic E-state index is 0.131. The van der Waals surface area contributed by atoms with Crippen LogP contribution >= 0.6 is 0 Å². The van der Waals surface area contributed by atoms with E-state index in [2.05, 4.69) is 22.0 Å². The average Bonchev–Trinajstić information content (AvgIpc) is 3.08. The van der Waals surface area contributed by atoms with Gasteiger partial charge in [0.2, 0.25) is 5.89 Å². The molecular weight excluding hydrogens is 302 g/mol. The third-order valence-electron chi connectivity index (χ3n) is 4.64. The number of benzene rings is 1. The van der Waals surface area contributed by atoms with Crippen LogP contribution in [0.2, 0.25) is 0 Å². The minimum Gasteiger partial charge on any atom is -0.338 e. The number of carbonyl (C=O) groups is 1. The first-order valence-corrected chi connectivity index (χ1v) is 8.89. The van der Waals surface area contributed by atoms with Crippen LogP contribution in [0.25, 0.3) is 0 Å². The number of unbranched alkanes of at least 4 members (excludes halogenated alkanes) is 1. The Kier molecular flexibility index (Phi) is 5.75. The van der Waals surface area contributed by atoms with Crippen molar-refractivity contribution in [2.75, 3.05) is 13.1 Å². The molecule has 0 radical (unpaired) electrons. The molecule has 128 valence electrons. The van der Waals surface area contributed by atoms with Crippen molar-refractivity contribution in [2.24, 2.45) is 5.92 Å². The number of ketones is 1. The van der Waals surface area contributed by atoms with Crippen molar-refractivity contribution in [3.63, 3.8) is 0 Å². The van der Waals surface area contributed by atoms with Crippen LogP contribution in [0.3, 0.4) is 0 Å². The molecule has 2 aromatic rings. The Morgan fingerprint density at radius 3 is 2.71 bits per heavy atom. The molecule has 2 heterocycles. The lowest BCUT2D eigenvalue weighted by molar-refractivity contribution is 0.0825. The molecule has 0 spiro atoms. The lowest BCUT2D eigenvalue weighted by Crippen LogP contribution is -2.36. The second-order valence-electron chi connectivity index (χ2n) is 6.49. The molecule has 1 aromatic carbocycles. The van der Waals surface area contributed by atoms with E-state index < -0.39 is 0 Å². The lowest BCUT2D eigenvalue weighted by atomic mass is 9.89. The first-order chi connectivity index (χ1) is 11.8. The Balaban J connectivity index is 1.48. The number of hydrogen-bond donors (Lipinski definition) is 0. The summed E-state index contributed by atoms with van der Waals surface area (Å²) in [4.78, 5) is 19.3. The largest absolute Gasteiger partial charge is 0.338 e. The summed E-state index contributed by atoms with van der Waals surface area (Å²) in [6.07, 6.45) is 4.89. The third kappa shape index (κ3) is 4.29. The predicted octanol–water partition coefficient (Wildman–Crippen LogP) is 3.51. The number of likely N-dealkylation sites (tertiary alicyclic amines) is 1. The van der Waals surface area contributed by atoms with Crippen LogP contribution in [0, 0.1) is 5.92 Å². The summed E-state index contributed by atoms with van der Waals surface area (Å²) in [6, 6.07) is 9.61. The number of rotatable bonds is 7. The van der Waals surface area contributed by atoms with Crippen molar-refractivity contribution < 1.29 is 9.32 Å². The Morgan fingerprint density at radius 2 is 2.00 bits per heavy atom. The zero-order chi connectivity index (χ0) is 16.8. The summed E-state index contributed by atoms with van der Waals surface area (Å²) in [7, 11) is 0. The fraction of sp³-hybridized carbons (Fsp3) is 0.526. The molecule has 0 saturated carbocycles. The van der Waals surface area contributed by atoms with E-state index in [1.54, 1.807) is 0 Å². The van der Waals surface area contributed by atoms with Gasteiger partial charge in [-0.3, -0.25) is 9.69 Å². The molecule has 0 unspecified atom stereocenters. The van der Waals surface area contributed by atoms with Gasteiger partial charge < -0.3 is 4.52 Å². The van der Waals surface area contributed by atoms with E-state index >= 15 is 0 Å². The Morgan fingerprint density at radius 1 is 1.25 bits per heavy atom. The SMILES string of the molecule is CCCCc1noc(CN2CCC(C(=O)c3ccccc3)CC2)n1. The molecule has 1 saturated heterocycles. The van der Waals surface area contributed by atoms with E-state index in [9.17, 15) is 4.79 Å². The van der Waals surface area contributed by atoms with Gasteiger partial charge in [-0.1, -0.05) is 48.8 Å². The highest BCUT2D eigenvalue weighted by Crippen LogP contribution is 2.22. The number of carbonyl (C=O) groups excluding carboxylic acids is 1. The highest BCUT2D eigenvalue weighted by atomic mass is 16.5. The molecule has 24 heavy (non-hydrogen) atoms.